The zero-order valence-corrected chi connectivity index (χ0v) is 11.9. The Bertz CT molecular complexity index is 588. The topological polar surface area (TPSA) is 37.8 Å². The minimum absolute atomic E-state index is 0.259. The van der Waals surface area contributed by atoms with Gasteiger partial charge in [0.1, 0.15) is 5.82 Å². The Morgan fingerprint density at radius 2 is 2.22 bits per heavy atom. The molecule has 1 N–H and O–H groups in total. The van der Waals surface area contributed by atoms with Crippen LogP contribution in [0.1, 0.15) is 17.0 Å². The van der Waals surface area contributed by atoms with E-state index in [1.54, 1.807) is 6.20 Å². The molecule has 3 rings (SSSR count). The van der Waals surface area contributed by atoms with Crippen LogP contribution in [-0.2, 0) is 6.42 Å². The summed E-state index contributed by atoms with van der Waals surface area (Å²) in [6.45, 7) is 0.864. The Morgan fingerprint density at radius 1 is 1.39 bits per heavy atom. The fraction of sp³-hybridized carbons (Fsp3) is 0.231. The predicted octanol–water partition coefficient (Wildman–Crippen LogP) is 3.64. The molecule has 3 nitrogen and oxygen atoms in total. The number of nitrogens with one attached hydrogen (secondary N) is 1. The molecular formula is C13H11BrClN3. The number of rotatable bonds is 3. The van der Waals surface area contributed by atoms with Gasteiger partial charge in [-0.05, 0) is 45.1 Å². The second-order valence-corrected chi connectivity index (χ2v) is 5.51. The van der Waals surface area contributed by atoms with Gasteiger partial charge in [-0.25, -0.2) is 4.98 Å². The molecule has 1 aliphatic rings. The SMILES string of the molecule is Clc1ncc(Br)c(NCC2Cc3ccccc32)n1. The monoisotopic (exact) mass is 323 g/mol. The molecule has 0 amide bonds. The third kappa shape index (κ3) is 2.22. The van der Waals surface area contributed by atoms with Crippen molar-refractivity contribution in [3.8, 4) is 0 Å². The second-order valence-electron chi connectivity index (χ2n) is 4.32. The van der Waals surface area contributed by atoms with Crippen molar-refractivity contribution in [2.45, 2.75) is 12.3 Å². The number of anilines is 1. The molecule has 0 radical (unpaired) electrons. The van der Waals surface area contributed by atoms with Crippen molar-refractivity contribution in [2.75, 3.05) is 11.9 Å². The highest BCUT2D eigenvalue weighted by atomic mass is 79.9. The van der Waals surface area contributed by atoms with E-state index in [0.29, 0.717) is 5.92 Å². The van der Waals surface area contributed by atoms with Gasteiger partial charge in [0.15, 0.2) is 0 Å². The first-order valence-electron chi connectivity index (χ1n) is 5.74. The smallest absolute Gasteiger partial charge is 0.224 e. The normalized spacial score (nSPS) is 16.9. The van der Waals surface area contributed by atoms with Crippen molar-refractivity contribution < 1.29 is 0 Å². The van der Waals surface area contributed by atoms with Gasteiger partial charge in [0, 0.05) is 18.7 Å². The molecule has 0 bridgehead atoms. The highest BCUT2D eigenvalue weighted by molar-refractivity contribution is 9.10. The van der Waals surface area contributed by atoms with Gasteiger partial charge < -0.3 is 5.32 Å². The van der Waals surface area contributed by atoms with E-state index >= 15 is 0 Å². The maximum Gasteiger partial charge on any atom is 0.224 e. The van der Waals surface area contributed by atoms with Crippen LogP contribution in [0.25, 0.3) is 0 Å². The minimum atomic E-state index is 0.259. The van der Waals surface area contributed by atoms with Crippen LogP contribution < -0.4 is 5.32 Å². The Kier molecular flexibility index (Phi) is 3.22. The summed E-state index contributed by atoms with van der Waals surface area (Å²) in [6.07, 6.45) is 2.78. The highest BCUT2D eigenvalue weighted by Gasteiger charge is 2.25. The van der Waals surface area contributed by atoms with Crippen LogP contribution in [0.15, 0.2) is 34.9 Å². The fourth-order valence-corrected chi connectivity index (χ4v) is 2.70. The van der Waals surface area contributed by atoms with E-state index in [0.717, 1.165) is 23.3 Å². The zero-order chi connectivity index (χ0) is 12.5. The molecule has 5 heteroatoms. The summed E-state index contributed by atoms with van der Waals surface area (Å²) < 4.78 is 0.833. The lowest BCUT2D eigenvalue weighted by Gasteiger charge is -2.30. The van der Waals surface area contributed by atoms with Gasteiger partial charge in [0.2, 0.25) is 5.28 Å². The standard InChI is InChI=1S/C13H11BrClN3/c14-11-7-17-13(15)18-12(11)16-6-9-5-8-3-1-2-4-10(8)9/h1-4,7,9H,5-6H2,(H,16,17,18). The number of halogens is 2. The third-order valence-electron chi connectivity index (χ3n) is 3.19. The quantitative estimate of drug-likeness (QED) is 0.876. The average molecular weight is 325 g/mol. The maximum atomic E-state index is 5.78. The third-order valence-corrected chi connectivity index (χ3v) is 3.95. The van der Waals surface area contributed by atoms with Crippen LogP contribution in [0, 0.1) is 0 Å². The first-order valence-corrected chi connectivity index (χ1v) is 6.91. The van der Waals surface area contributed by atoms with Crippen molar-refractivity contribution >= 4 is 33.3 Å². The molecule has 1 aliphatic carbocycles. The number of aromatic nitrogens is 2. The molecule has 1 aromatic carbocycles. The Labute approximate surface area is 119 Å². The lowest BCUT2D eigenvalue weighted by molar-refractivity contribution is 0.634. The van der Waals surface area contributed by atoms with E-state index in [1.165, 1.54) is 11.1 Å². The Morgan fingerprint density at radius 3 is 3.06 bits per heavy atom. The molecule has 0 saturated carbocycles. The van der Waals surface area contributed by atoms with Crippen molar-refractivity contribution in [3.05, 3.63) is 51.3 Å². The van der Waals surface area contributed by atoms with Crippen LogP contribution in [0.5, 0.6) is 0 Å². The molecule has 1 unspecified atom stereocenters. The van der Waals surface area contributed by atoms with Gasteiger partial charge in [-0.3, -0.25) is 0 Å². The van der Waals surface area contributed by atoms with Crippen molar-refractivity contribution in [1.29, 1.82) is 0 Å². The largest absolute Gasteiger partial charge is 0.368 e. The van der Waals surface area contributed by atoms with Gasteiger partial charge in [-0.15, -0.1) is 0 Å². The summed E-state index contributed by atoms with van der Waals surface area (Å²) in [6, 6.07) is 8.54. The summed E-state index contributed by atoms with van der Waals surface area (Å²) in [5, 5.41) is 3.57. The second kappa shape index (κ2) is 4.86. The Balaban J connectivity index is 1.68. The maximum absolute atomic E-state index is 5.78. The molecule has 92 valence electrons. The van der Waals surface area contributed by atoms with Crippen LogP contribution in [0.4, 0.5) is 5.82 Å². The lowest BCUT2D eigenvalue weighted by atomic mass is 9.78. The summed E-state index contributed by atoms with van der Waals surface area (Å²) >= 11 is 9.18. The highest BCUT2D eigenvalue weighted by Crippen LogP contribution is 2.35. The molecule has 18 heavy (non-hydrogen) atoms. The first-order chi connectivity index (χ1) is 8.74. The summed E-state index contributed by atoms with van der Waals surface area (Å²) in [4.78, 5) is 8.06. The molecule has 0 aliphatic heterocycles. The fourth-order valence-electron chi connectivity index (χ4n) is 2.23. The van der Waals surface area contributed by atoms with E-state index in [2.05, 4.69) is 55.5 Å². The van der Waals surface area contributed by atoms with Crippen molar-refractivity contribution in [1.82, 2.24) is 9.97 Å². The summed E-state index contributed by atoms with van der Waals surface area (Å²) in [5.74, 6) is 1.31. The average Bonchev–Trinajstić information content (AvgIpc) is 2.34. The number of hydrogen-bond donors (Lipinski definition) is 1. The van der Waals surface area contributed by atoms with E-state index in [1.807, 2.05) is 0 Å². The van der Waals surface area contributed by atoms with Gasteiger partial charge >= 0.3 is 0 Å². The van der Waals surface area contributed by atoms with E-state index in [4.69, 9.17) is 11.6 Å². The van der Waals surface area contributed by atoms with E-state index in [9.17, 15) is 0 Å². The summed E-state index contributed by atoms with van der Waals surface area (Å²) in [7, 11) is 0. The van der Waals surface area contributed by atoms with E-state index < -0.39 is 0 Å². The van der Waals surface area contributed by atoms with Gasteiger partial charge in [-0.2, -0.15) is 4.98 Å². The number of benzene rings is 1. The molecule has 0 spiro atoms. The number of nitrogens with zero attached hydrogens (tertiary/aromatic N) is 2. The number of fused-ring (bicyclic) bond motifs is 1. The van der Waals surface area contributed by atoms with Crippen LogP contribution in [0.2, 0.25) is 5.28 Å². The minimum Gasteiger partial charge on any atom is -0.368 e. The summed E-state index contributed by atoms with van der Waals surface area (Å²) in [5.41, 5.74) is 2.88. The van der Waals surface area contributed by atoms with Crippen molar-refractivity contribution in [2.24, 2.45) is 0 Å². The molecule has 1 aromatic heterocycles. The molecule has 0 fully saturated rings. The van der Waals surface area contributed by atoms with Crippen LogP contribution in [0.3, 0.4) is 0 Å². The molecule has 0 saturated heterocycles. The molecular weight excluding hydrogens is 314 g/mol. The lowest BCUT2D eigenvalue weighted by Crippen LogP contribution is -2.24. The zero-order valence-electron chi connectivity index (χ0n) is 9.53. The van der Waals surface area contributed by atoms with Gasteiger partial charge in [0.25, 0.3) is 0 Å². The molecule has 2 aromatic rings. The van der Waals surface area contributed by atoms with Crippen molar-refractivity contribution in [3.63, 3.8) is 0 Å². The van der Waals surface area contributed by atoms with Crippen LogP contribution in [-0.4, -0.2) is 16.5 Å². The predicted molar refractivity (Wildman–Crippen MR) is 76.1 cm³/mol. The number of hydrogen-bond acceptors (Lipinski definition) is 3. The first kappa shape index (κ1) is 11.9. The Hall–Kier alpha value is -1.13. The molecule has 1 atom stereocenters. The molecule has 1 heterocycles. The van der Waals surface area contributed by atoms with Crippen LogP contribution >= 0.6 is 27.5 Å². The van der Waals surface area contributed by atoms with Gasteiger partial charge in [0.05, 0.1) is 4.47 Å². The van der Waals surface area contributed by atoms with Gasteiger partial charge in [-0.1, -0.05) is 24.3 Å². The van der Waals surface area contributed by atoms with E-state index in [-0.39, 0.29) is 5.28 Å².